The lowest BCUT2D eigenvalue weighted by molar-refractivity contribution is 0.440. The first-order valence-corrected chi connectivity index (χ1v) is 6.94. The molecule has 1 fully saturated rings. The van der Waals surface area contributed by atoms with Crippen LogP contribution in [0.25, 0.3) is 5.69 Å². The van der Waals surface area contributed by atoms with Crippen LogP contribution in [0.2, 0.25) is 0 Å². The fourth-order valence-electron chi connectivity index (χ4n) is 2.77. The molecule has 4 heteroatoms. The van der Waals surface area contributed by atoms with E-state index in [0.717, 1.165) is 31.8 Å². The molecule has 3 rings (SSSR count). The molecular formula is C15H20N4. The van der Waals surface area contributed by atoms with Gasteiger partial charge in [-0.2, -0.15) is 0 Å². The Kier molecular flexibility index (Phi) is 3.34. The van der Waals surface area contributed by atoms with Crippen molar-refractivity contribution in [3.8, 4) is 5.69 Å². The molecule has 100 valence electrons. The van der Waals surface area contributed by atoms with Gasteiger partial charge < -0.3 is 5.32 Å². The largest absolute Gasteiger partial charge is 0.317 e. The molecule has 4 nitrogen and oxygen atoms in total. The van der Waals surface area contributed by atoms with E-state index in [1.807, 2.05) is 6.33 Å². The predicted octanol–water partition coefficient (Wildman–Crippen LogP) is 2.35. The van der Waals surface area contributed by atoms with Crippen LogP contribution in [0.5, 0.6) is 0 Å². The quantitative estimate of drug-likeness (QED) is 0.897. The lowest BCUT2D eigenvalue weighted by Gasteiger charge is -2.22. The third kappa shape index (κ3) is 2.40. The van der Waals surface area contributed by atoms with E-state index in [-0.39, 0.29) is 0 Å². The predicted molar refractivity (Wildman–Crippen MR) is 75.7 cm³/mol. The maximum absolute atomic E-state index is 4.37. The minimum absolute atomic E-state index is 0.517. The number of benzene rings is 1. The normalized spacial score (nSPS) is 16.7. The molecule has 2 heterocycles. The number of rotatable bonds is 2. The first-order valence-electron chi connectivity index (χ1n) is 6.94. The Morgan fingerprint density at radius 3 is 2.79 bits per heavy atom. The molecular weight excluding hydrogens is 236 g/mol. The molecule has 1 aromatic carbocycles. The Hall–Kier alpha value is -1.68. The maximum Gasteiger partial charge on any atom is 0.140 e. The summed E-state index contributed by atoms with van der Waals surface area (Å²) < 4.78 is 2.16. The number of aromatic nitrogens is 3. The summed E-state index contributed by atoms with van der Waals surface area (Å²) in [6.07, 6.45) is 4.13. The van der Waals surface area contributed by atoms with E-state index in [1.54, 1.807) is 0 Å². The molecule has 0 aliphatic carbocycles. The van der Waals surface area contributed by atoms with Crippen LogP contribution in [-0.4, -0.2) is 27.9 Å². The van der Waals surface area contributed by atoms with Crippen molar-refractivity contribution in [2.24, 2.45) is 0 Å². The van der Waals surface area contributed by atoms with Crippen LogP contribution in [0.3, 0.4) is 0 Å². The molecule has 2 aromatic rings. The average molecular weight is 256 g/mol. The molecule has 0 amide bonds. The molecule has 0 spiro atoms. The maximum atomic E-state index is 4.37. The van der Waals surface area contributed by atoms with E-state index in [9.17, 15) is 0 Å². The van der Waals surface area contributed by atoms with Crippen LogP contribution in [0.15, 0.2) is 24.5 Å². The minimum atomic E-state index is 0.517. The van der Waals surface area contributed by atoms with Crippen molar-refractivity contribution in [2.75, 3.05) is 13.1 Å². The smallest absolute Gasteiger partial charge is 0.140 e. The Morgan fingerprint density at radius 1 is 1.21 bits per heavy atom. The van der Waals surface area contributed by atoms with Crippen LogP contribution < -0.4 is 5.32 Å². The third-order valence-corrected chi connectivity index (χ3v) is 3.90. The Labute approximate surface area is 113 Å². The van der Waals surface area contributed by atoms with Crippen molar-refractivity contribution in [3.05, 3.63) is 41.5 Å². The number of hydrogen-bond acceptors (Lipinski definition) is 3. The van der Waals surface area contributed by atoms with Gasteiger partial charge in [0.1, 0.15) is 12.2 Å². The fourth-order valence-corrected chi connectivity index (χ4v) is 2.77. The number of hydrogen-bond donors (Lipinski definition) is 1. The second-order valence-corrected chi connectivity index (χ2v) is 5.37. The van der Waals surface area contributed by atoms with E-state index >= 15 is 0 Å². The average Bonchev–Trinajstić information content (AvgIpc) is 2.91. The zero-order valence-corrected chi connectivity index (χ0v) is 11.6. The SMILES string of the molecule is Cc1ccc(C)c(-n2cnnc2C2CCNCC2)c1. The van der Waals surface area contributed by atoms with Gasteiger partial charge in [0, 0.05) is 5.92 Å². The van der Waals surface area contributed by atoms with Gasteiger partial charge in [0.25, 0.3) is 0 Å². The highest BCUT2D eigenvalue weighted by atomic mass is 15.3. The molecule has 1 saturated heterocycles. The monoisotopic (exact) mass is 256 g/mol. The number of nitrogens with one attached hydrogen (secondary N) is 1. The summed E-state index contributed by atoms with van der Waals surface area (Å²) in [6.45, 7) is 6.41. The van der Waals surface area contributed by atoms with Crippen LogP contribution in [0.1, 0.15) is 35.7 Å². The number of nitrogens with zero attached hydrogens (tertiary/aromatic N) is 3. The zero-order valence-electron chi connectivity index (χ0n) is 11.6. The topological polar surface area (TPSA) is 42.7 Å². The fraction of sp³-hybridized carbons (Fsp3) is 0.467. The summed E-state index contributed by atoms with van der Waals surface area (Å²) in [5.74, 6) is 1.62. The van der Waals surface area contributed by atoms with Gasteiger partial charge in [-0.15, -0.1) is 10.2 Å². The second kappa shape index (κ2) is 5.13. The lowest BCUT2D eigenvalue weighted by Crippen LogP contribution is -2.28. The summed E-state index contributed by atoms with van der Waals surface area (Å²) in [5.41, 5.74) is 3.74. The molecule has 1 N–H and O–H groups in total. The van der Waals surface area contributed by atoms with E-state index < -0.39 is 0 Å². The van der Waals surface area contributed by atoms with Gasteiger partial charge in [0.2, 0.25) is 0 Å². The van der Waals surface area contributed by atoms with Crippen molar-refractivity contribution < 1.29 is 0 Å². The Bertz CT molecular complexity index is 567. The first-order chi connectivity index (χ1) is 9.25. The van der Waals surface area contributed by atoms with Crippen LogP contribution in [0, 0.1) is 13.8 Å². The molecule has 1 aromatic heterocycles. The summed E-state index contributed by atoms with van der Waals surface area (Å²) in [6, 6.07) is 6.52. The van der Waals surface area contributed by atoms with Crippen LogP contribution >= 0.6 is 0 Å². The van der Waals surface area contributed by atoms with Crippen molar-refractivity contribution in [3.63, 3.8) is 0 Å². The van der Waals surface area contributed by atoms with Gasteiger partial charge in [0.15, 0.2) is 0 Å². The van der Waals surface area contributed by atoms with Crippen molar-refractivity contribution in [1.82, 2.24) is 20.1 Å². The standard InChI is InChI=1S/C15H20N4/c1-11-3-4-12(2)14(9-11)19-10-17-18-15(19)13-5-7-16-8-6-13/h3-4,9-10,13,16H,5-8H2,1-2H3. The molecule has 0 bridgehead atoms. The van der Waals surface area contributed by atoms with Gasteiger partial charge in [-0.05, 0) is 57.0 Å². The molecule has 1 aliphatic heterocycles. The van der Waals surface area contributed by atoms with Gasteiger partial charge in [0.05, 0.1) is 5.69 Å². The molecule has 0 saturated carbocycles. The van der Waals surface area contributed by atoms with Gasteiger partial charge in [-0.1, -0.05) is 12.1 Å². The molecule has 1 aliphatic rings. The van der Waals surface area contributed by atoms with E-state index in [2.05, 4.69) is 52.1 Å². The highest BCUT2D eigenvalue weighted by Gasteiger charge is 2.21. The lowest BCUT2D eigenvalue weighted by atomic mass is 9.97. The van der Waals surface area contributed by atoms with Crippen LogP contribution in [-0.2, 0) is 0 Å². The Balaban J connectivity index is 2.01. The van der Waals surface area contributed by atoms with E-state index in [4.69, 9.17) is 0 Å². The van der Waals surface area contributed by atoms with Crippen molar-refractivity contribution in [1.29, 1.82) is 0 Å². The number of aryl methyl sites for hydroxylation is 2. The second-order valence-electron chi connectivity index (χ2n) is 5.37. The zero-order chi connectivity index (χ0) is 13.2. The summed E-state index contributed by atoms with van der Waals surface area (Å²) in [5, 5.41) is 11.9. The Morgan fingerprint density at radius 2 is 2.00 bits per heavy atom. The molecule has 19 heavy (non-hydrogen) atoms. The number of piperidine rings is 1. The van der Waals surface area contributed by atoms with Gasteiger partial charge in [-0.3, -0.25) is 4.57 Å². The summed E-state index contributed by atoms with van der Waals surface area (Å²) in [4.78, 5) is 0. The van der Waals surface area contributed by atoms with Crippen molar-refractivity contribution in [2.45, 2.75) is 32.6 Å². The third-order valence-electron chi connectivity index (χ3n) is 3.90. The molecule has 0 unspecified atom stereocenters. The van der Waals surface area contributed by atoms with Crippen LogP contribution in [0.4, 0.5) is 0 Å². The highest BCUT2D eigenvalue weighted by Crippen LogP contribution is 2.26. The van der Waals surface area contributed by atoms with E-state index in [0.29, 0.717) is 5.92 Å². The van der Waals surface area contributed by atoms with Gasteiger partial charge >= 0.3 is 0 Å². The van der Waals surface area contributed by atoms with E-state index in [1.165, 1.54) is 16.8 Å². The summed E-state index contributed by atoms with van der Waals surface area (Å²) in [7, 11) is 0. The molecule has 0 atom stereocenters. The van der Waals surface area contributed by atoms with Crippen molar-refractivity contribution >= 4 is 0 Å². The summed E-state index contributed by atoms with van der Waals surface area (Å²) >= 11 is 0. The minimum Gasteiger partial charge on any atom is -0.317 e. The highest BCUT2D eigenvalue weighted by molar-refractivity contribution is 5.43. The molecule has 0 radical (unpaired) electrons. The first kappa shape index (κ1) is 12.4. The van der Waals surface area contributed by atoms with Gasteiger partial charge in [-0.25, -0.2) is 0 Å².